The maximum atomic E-state index is 5.52. The van der Waals surface area contributed by atoms with Crippen molar-refractivity contribution >= 4 is 13.4 Å². The molecular weight excluding hydrogens is 173 g/mol. The highest BCUT2D eigenvalue weighted by molar-refractivity contribution is 6.30. The Morgan fingerprint density at radius 2 is 1.71 bits per heavy atom. The van der Waals surface area contributed by atoms with Crippen molar-refractivity contribution in [2.45, 2.75) is 0 Å². The molecule has 0 aliphatic rings. The largest absolute Gasteiger partial charge is 0.456 e. The van der Waals surface area contributed by atoms with E-state index >= 15 is 0 Å². The number of ether oxygens (including phenoxy) is 1. The lowest BCUT2D eigenvalue weighted by Gasteiger charge is -2.04. The van der Waals surface area contributed by atoms with E-state index in [9.17, 15) is 0 Å². The summed E-state index contributed by atoms with van der Waals surface area (Å²) in [5.74, 6) is 1.48. The highest BCUT2D eigenvalue weighted by Crippen LogP contribution is 2.18. The molecule has 1 aromatic heterocycles. The zero-order valence-corrected chi connectivity index (χ0v) is 7.55. The van der Waals surface area contributed by atoms with Gasteiger partial charge in [0.2, 0.25) is 0 Å². The van der Waals surface area contributed by atoms with Gasteiger partial charge in [-0.05, 0) is 29.9 Å². The summed E-state index contributed by atoms with van der Waals surface area (Å²) in [6, 6.07) is 13.0. The smallest absolute Gasteiger partial charge is 0.145 e. The van der Waals surface area contributed by atoms with Crippen LogP contribution in [0.3, 0.4) is 0 Å². The fourth-order valence-electron chi connectivity index (χ4n) is 1.08. The highest BCUT2D eigenvalue weighted by atomic mass is 16.5. The minimum Gasteiger partial charge on any atom is -0.456 e. The van der Waals surface area contributed by atoms with Gasteiger partial charge in [0.15, 0.2) is 0 Å². The molecule has 0 spiro atoms. The third-order valence-corrected chi connectivity index (χ3v) is 1.74. The third kappa shape index (κ3) is 2.13. The lowest BCUT2D eigenvalue weighted by atomic mass is 10.0. The van der Waals surface area contributed by atoms with E-state index in [4.69, 9.17) is 12.6 Å². The molecule has 0 amide bonds. The molecule has 0 atom stereocenters. The molecule has 2 radical (unpaired) electrons. The van der Waals surface area contributed by atoms with Crippen LogP contribution in [0, 0.1) is 0 Å². The fraction of sp³-hybridized carbons (Fsp3) is 0. The second-order valence-corrected chi connectivity index (χ2v) is 2.83. The molecule has 0 unspecified atom stereocenters. The van der Waals surface area contributed by atoms with Crippen molar-refractivity contribution < 1.29 is 4.74 Å². The van der Waals surface area contributed by atoms with Crippen molar-refractivity contribution in [3.05, 3.63) is 48.7 Å². The summed E-state index contributed by atoms with van der Waals surface area (Å²) in [7, 11) is 5.45. The van der Waals surface area contributed by atoms with Gasteiger partial charge in [0.25, 0.3) is 0 Å². The predicted octanol–water partition coefficient (Wildman–Crippen LogP) is 1.67. The van der Waals surface area contributed by atoms with Crippen molar-refractivity contribution in [2.24, 2.45) is 0 Å². The van der Waals surface area contributed by atoms with Crippen LogP contribution in [0.1, 0.15) is 0 Å². The molecule has 0 fully saturated rings. The Morgan fingerprint density at radius 3 is 2.36 bits per heavy atom. The zero-order valence-electron chi connectivity index (χ0n) is 7.55. The van der Waals surface area contributed by atoms with Crippen LogP contribution in [-0.2, 0) is 0 Å². The molecule has 0 aliphatic heterocycles. The molecule has 14 heavy (non-hydrogen) atoms. The van der Waals surface area contributed by atoms with E-state index in [2.05, 4.69) is 4.98 Å². The minimum atomic E-state index is 0.491. The number of aromatic nitrogens is 1. The molecule has 2 aromatic rings. The van der Waals surface area contributed by atoms with Crippen molar-refractivity contribution in [1.29, 1.82) is 0 Å². The van der Waals surface area contributed by atoms with E-state index in [1.165, 1.54) is 0 Å². The van der Waals surface area contributed by atoms with E-state index in [0.717, 1.165) is 5.75 Å². The summed E-state index contributed by atoms with van der Waals surface area (Å²) in [4.78, 5) is 3.93. The minimum absolute atomic E-state index is 0.491. The van der Waals surface area contributed by atoms with Crippen molar-refractivity contribution in [1.82, 2.24) is 4.98 Å². The number of nitrogens with zero attached hydrogens (tertiary/aromatic N) is 1. The van der Waals surface area contributed by atoms with E-state index < -0.39 is 0 Å². The van der Waals surface area contributed by atoms with Crippen LogP contribution < -0.4 is 10.3 Å². The molecule has 1 aromatic carbocycles. The number of pyridine rings is 1. The first kappa shape index (κ1) is 8.82. The van der Waals surface area contributed by atoms with Gasteiger partial charge < -0.3 is 4.74 Å². The van der Waals surface area contributed by atoms with E-state index in [1.54, 1.807) is 18.3 Å². The Kier molecular flexibility index (Phi) is 2.50. The monoisotopic (exact) mass is 181 g/mol. The zero-order chi connectivity index (χ0) is 9.80. The Morgan fingerprint density at radius 1 is 0.929 bits per heavy atom. The first-order valence-electron chi connectivity index (χ1n) is 4.29. The maximum absolute atomic E-state index is 5.52. The lowest BCUT2D eigenvalue weighted by Crippen LogP contribution is -2.05. The molecule has 0 bridgehead atoms. The van der Waals surface area contributed by atoms with Crippen molar-refractivity contribution in [2.75, 3.05) is 0 Å². The second-order valence-electron chi connectivity index (χ2n) is 2.83. The summed E-state index contributed by atoms with van der Waals surface area (Å²) in [6.45, 7) is 0. The van der Waals surface area contributed by atoms with Crippen LogP contribution in [0.4, 0.5) is 0 Å². The molecule has 2 nitrogen and oxygen atoms in total. The number of benzene rings is 1. The van der Waals surface area contributed by atoms with Gasteiger partial charge in [0.1, 0.15) is 19.3 Å². The van der Waals surface area contributed by atoms with Crippen LogP contribution >= 0.6 is 0 Å². The van der Waals surface area contributed by atoms with E-state index in [-0.39, 0.29) is 0 Å². The topological polar surface area (TPSA) is 22.1 Å². The van der Waals surface area contributed by atoms with Crippen LogP contribution in [0.5, 0.6) is 11.5 Å². The lowest BCUT2D eigenvalue weighted by molar-refractivity contribution is 0.480. The highest BCUT2D eigenvalue weighted by Gasteiger charge is 1.95. The van der Waals surface area contributed by atoms with Gasteiger partial charge in [-0.1, -0.05) is 18.2 Å². The van der Waals surface area contributed by atoms with Gasteiger partial charge in [0.05, 0.1) is 6.20 Å². The summed E-state index contributed by atoms with van der Waals surface area (Å²) < 4.78 is 5.52. The Bertz CT molecular complexity index is 399. The van der Waals surface area contributed by atoms with E-state index in [1.807, 2.05) is 30.3 Å². The average Bonchev–Trinajstić information content (AvgIpc) is 2.23. The first-order chi connectivity index (χ1) is 6.84. The third-order valence-electron chi connectivity index (χ3n) is 1.74. The van der Waals surface area contributed by atoms with Crippen LogP contribution in [0.15, 0.2) is 48.7 Å². The van der Waals surface area contributed by atoms with Crippen LogP contribution in [0.2, 0.25) is 0 Å². The molecule has 66 valence electrons. The van der Waals surface area contributed by atoms with Crippen molar-refractivity contribution in [3.63, 3.8) is 0 Å². The Balaban J connectivity index is 2.16. The molecule has 2 rings (SSSR count). The van der Waals surface area contributed by atoms with Gasteiger partial charge in [-0.15, -0.1) is 0 Å². The molecular formula is C11H8BNO. The number of rotatable bonds is 2. The standard InChI is InChI=1S/C11H8BNO/c12-11-7-6-10(8-13-11)14-9-4-2-1-3-5-9/h1-8H. The van der Waals surface area contributed by atoms with Gasteiger partial charge in [-0.25, -0.2) is 0 Å². The Labute approximate surface area is 84.0 Å². The number of hydrogen-bond acceptors (Lipinski definition) is 2. The SMILES string of the molecule is [B]c1ccc(Oc2ccccc2)cn1. The Hall–Kier alpha value is -1.77. The molecule has 3 heteroatoms. The van der Waals surface area contributed by atoms with E-state index in [0.29, 0.717) is 11.3 Å². The molecule has 1 heterocycles. The maximum Gasteiger partial charge on any atom is 0.145 e. The number of para-hydroxylation sites is 1. The quantitative estimate of drug-likeness (QED) is 0.657. The van der Waals surface area contributed by atoms with Crippen molar-refractivity contribution in [3.8, 4) is 11.5 Å². The number of hydrogen-bond donors (Lipinski definition) is 0. The molecule has 0 saturated heterocycles. The molecule has 0 aliphatic carbocycles. The van der Waals surface area contributed by atoms with Crippen LogP contribution in [0.25, 0.3) is 0 Å². The molecule has 0 saturated carbocycles. The summed E-state index contributed by atoms with van der Waals surface area (Å²) in [6.07, 6.45) is 1.60. The summed E-state index contributed by atoms with van der Waals surface area (Å²) in [5, 5.41) is 0. The fourth-order valence-corrected chi connectivity index (χ4v) is 1.08. The predicted molar refractivity (Wildman–Crippen MR) is 56.1 cm³/mol. The van der Waals surface area contributed by atoms with Gasteiger partial charge >= 0.3 is 0 Å². The summed E-state index contributed by atoms with van der Waals surface area (Å²) in [5.41, 5.74) is 0.491. The van der Waals surface area contributed by atoms with Gasteiger partial charge in [-0.3, -0.25) is 4.98 Å². The summed E-state index contributed by atoms with van der Waals surface area (Å²) >= 11 is 0. The average molecular weight is 181 g/mol. The first-order valence-corrected chi connectivity index (χ1v) is 4.29. The van der Waals surface area contributed by atoms with Gasteiger partial charge in [-0.2, -0.15) is 0 Å². The van der Waals surface area contributed by atoms with Gasteiger partial charge in [0, 0.05) is 0 Å². The van der Waals surface area contributed by atoms with Crippen LogP contribution in [-0.4, -0.2) is 12.8 Å². The normalized spacial score (nSPS) is 9.71. The second kappa shape index (κ2) is 3.96. The molecule has 0 N–H and O–H groups in total.